The van der Waals surface area contributed by atoms with Gasteiger partial charge < -0.3 is 26.1 Å². The molecule has 2 aromatic carbocycles. The molecule has 0 amide bonds. The summed E-state index contributed by atoms with van der Waals surface area (Å²) in [7, 11) is -3.58. The molecule has 0 bridgehead atoms. The Hall–Kier alpha value is -4.04. The van der Waals surface area contributed by atoms with Crippen LogP contribution in [0.3, 0.4) is 0 Å². The summed E-state index contributed by atoms with van der Waals surface area (Å²) in [5.41, 5.74) is 8.73. The molecular formula is C27H32N8O4S. The Labute approximate surface area is 231 Å². The molecule has 2 aromatic heterocycles. The zero-order valence-electron chi connectivity index (χ0n) is 21.9. The quantitative estimate of drug-likeness (QED) is 0.109. The van der Waals surface area contributed by atoms with Crippen molar-refractivity contribution in [3.05, 3.63) is 76.8 Å². The van der Waals surface area contributed by atoms with E-state index in [0.29, 0.717) is 56.4 Å². The molecule has 5 rings (SSSR count). The summed E-state index contributed by atoms with van der Waals surface area (Å²) in [4.78, 5) is 20.4. The van der Waals surface area contributed by atoms with Crippen LogP contribution < -0.4 is 21.9 Å². The van der Waals surface area contributed by atoms with Gasteiger partial charge in [-0.15, -0.1) is 0 Å². The van der Waals surface area contributed by atoms with Gasteiger partial charge in [0.1, 0.15) is 0 Å². The van der Waals surface area contributed by atoms with E-state index in [9.17, 15) is 13.2 Å². The van der Waals surface area contributed by atoms with E-state index in [4.69, 9.17) is 15.9 Å². The molecule has 1 aliphatic rings. The van der Waals surface area contributed by atoms with Crippen molar-refractivity contribution in [1.29, 1.82) is 5.41 Å². The van der Waals surface area contributed by atoms with Crippen LogP contribution in [0.5, 0.6) is 0 Å². The van der Waals surface area contributed by atoms with E-state index in [-0.39, 0.29) is 16.4 Å². The number of fused-ring (bicyclic) bond motifs is 1. The Morgan fingerprint density at radius 2 is 1.73 bits per heavy atom. The van der Waals surface area contributed by atoms with Crippen molar-refractivity contribution >= 4 is 21.8 Å². The van der Waals surface area contributed by atoms with Gasteiger partial charge in [-0.2, -0.15) is 9.29 Å². The predicted molar refractivity (Wildman–Crippen MR) is 153 cm³/mol. The van der Waals surface area contributed by atoms with Crippen molar-refractivity contribution in [3.63, 3.8) is 0 Å². The number of guanidine groups is 1. The zero-order chi connectivity index (χ0) is 28.1. The number of hydrogen-bond acceptors (Lipinski definition) is 7. The van der Waals surface area contributed by atoms with E-state index in [1.807, 2.05) is 30.5 Å². The molecule has 3 heterocycles. The van der Waals surface area contributed by atoms with E-state index >= 15 is 0 Å². The van der Waals surface area contributed by atoms with E-state index in [1.54, 1.807) is 34.9 Å². The van der Waals surface area contributed by atoms with Crippen LogP contribution >= 0.6 is 0 Å². The summed E-state index contributed by atoms with van der Waals surface area (Å²) >= 11 is 0. The SMILES string of the molecule is N=C(N)NCCCNCc1ccc(-c2cn3cc(-c4ccc(S(=O)(=O)N5CCOCC5)cc4)[nH]c3nc2=O)cc1. The number of rotatable bonds is 10. The highest BCUT2D eigenvalue weighted by atomic mass is 32.2. The Kier molecular flexibility index (Phi) is 8.26. The molecule has 0 spiro atoms. The molecule has 0 saturated carbocycles. The van der Waals surface area contributed by atoms with Gasteiger partial charge in [0, 0.05) is 38.6 Å². The molecule has 0 aliphatic carbocycles. The van der Waals surface area contributed by atoms with Crippen molar-refractivity contribution in [2.24, 2.45) is 5.73 Å². The molecule has 6 N–H and O–H groups in total. The third kappa shape index (κ3) is 6.23. The van der Waals surface area contributed by atoms with Crippen LogP contribution in [-0.4, -0.2) is 72.4 Å². The number of aromatic nitrogens is 3. The summed E-state index contributed by atoms with van der Waals surface area (Å²) in [5.74, 6) is 0.371. The van der Waals surface area contributed by atoms with Gasteiger partial charge in [-0.1, -0.05) is 36.4 Å². The molecule has 4 aromatic rings. The van der Waals surface area contributed by atoms with Gasteiger partial charge in [-0.05, 0) is 41.8 Å². The lowest BCUT2D eigenvalue weighted by Crippen LogP contribution is -2.40. The van der Waals surface area contributed by atoms with Crippen molar-refractivity contribution in [2.45, 2.75) is 17.9 Å². The molecule has 0 unspecified atom stereocenters. The molecule has 12 nitrogen and oxygen atoms in total. The molecule has 0 radical (unpaired) electrons. The van der Waals surface area contributed by atoms with E-state index in [0.717, 1.165) is 29.7 Å². The normalized spacial score (nSPS) is 14.4. The van der Waals surface area contributed by atoms with Crippen molar-refractivity contribution in [2.75, 3.05) is 39.4 Å². The summed E-state index contributed by atoms with van der Waals surface area (Å²) in [6, 6.07) is 14.4. The number of nitrogens with one attached hydrogen (secondary N) is 4. The fraction of sp³-hybridized carbons (Fsp3) is 0.296. The standard InChI is InChI=1S/C27H32N8O4S/c28-26(29)31-11-1-10-30-16-19-2-4-20(5-3-19)23-17-34-18-24(32-27(34)33-25(23)36)21-6-8-22(9-7-21)40(37,38)35-12-14-39-15-13-35/h2-9,17-18,30H,1,10-16H2,(H4,28,29,31)(H,32,33,36). The summed E-state index contributed by atoms with van der Waals surface area (Å²) in [5, 5.41) is 13.3. The fourth-order valence-corrected chi connectivity index (χ4v) is 5.92. The van der Waals surface area contributed by atoms with Crippen LogP contribution in [0.4, 0.5) is 0 Å². The Balaban J connectivity index is 1.28. The van der Waals surface area contributed by atoms with Gasteiger partial charge in [-0.25, -0.2) is 8.42 Å². The largest absolute Gasteiger partial charge is 0.379 e. The number of hydrogen-bond donors (Lipinski definition) is 5. The number of benzene rings is 2. The lowest BCUT2D eigenvalue weighted by molar-refractivity contribution is 0.0730. The number of morpholine rings is 1. The van der Waals surface area contributed by atoms with Crippen LogP contribution in [-0.2, 0) is 21.3 Å². The van der Waals surface area contributed by atoms with Gasteiger partial charge in [0.05, 0.1) is 29.4 Å². The van der Waals surface area contributed by atoms with E-state index in [2.05, 4.69) is 20.6 Å². The number of nitrogens with two attached hydrogens (primary N) is 1. The van der Waals surface area contributed by atoms with Crippen LogP contribution in [0.1, 0.15) is 12.0 Å². The van der Waals surface area contributed by atoms with Crippen LogP contribution in [0.25, 0.3) is 28.2 Å². The van der Waals surface area contributed by atoms with Crippen LogP contribution in [0, 0.1) is 5.41 Å². The number of aromatic amines is 1. The van der Waals surface area contributed by atoms with Crippen LogP contribution in [0.15, 0.2) is 70.6 Å². The first-order valence-corrected chi connectivity index (χ1v) is 14.4. The maximum atomic E-state index is 12.9. The molecule has 13 heteroatoms. The van der Waals surface area contributed by atoms with Gasteiger partial charge >= 0.3 is 0 Å². The van der Waals surface area contributed by atoms with Gasteiger partial charge in [-0.3, -0.25) is 14.6 Å². The fourth-order valence-electron chi connectivity index (χ4n) is 4.51. The molecule has 40 heavy (non-hydrogen) atoms. The predicted octanol–water partition coefficient (Wildman–Crippen LogP) is 1.34. The zero-order valence-corrected chi connectivity index (χ0v) is 22.7. The van der Waals surface area contributed by atoms with E-state index in [1.165, 1.54) is 4.31 Å². The minimum Gasteiger partial charge on any atom is -0.379 e. The molecular weight excluding hydrogens is 532 g/mol. The second kappa shape index (κ2) is 12.0. The highest BCUT2D eigenvalue weighted by Crippen LogP contribution is 2.24. The van der Waals surface area contributed by atoms with Gasteiger partial charge in [0.15, 0.2) is 5.96 Å². The van der Waals surface area contributed by atoms with Crippen molar-refractivity contribution < 1.29 is 13.2 Å². The van der Waals surface area contributed by atoms with Crippen LogP contribution in [0.2, 0.25) is 0 Å². The molecule has 1 aliphatic heterocycles. The maximum Gasteiger partial charge on any atom is 0.282 e. The smallest absolute Gasteiger partial charge is 0.282 e. The molecule has 1 fully saturated rings. The molecule has 210 valence electrons. The molecule has 0 atom stereocenters. The third-order valence-electron chi connectivity index (χ3n) is 6.68. The maximum absolute atomic E-state index is 12.9. The van der Waals surface area contributed by atoms with Crippen molar-refractivity contribution in [1.82, 2.24) is 29.3 Å². The number of imidazole rings is 1. The lowest BCUT2D eigenvalue weighted by atomic mass is 10.1. The number of sulfonamides is 1. The minimum absolute atomic E-state index is 0.0265. The van der Waals surface area contributed by atoms with E-state index < -0.39 is 10.0 Å². The van der Waals surface area contributed by atoms with Crippen molar-refractivity contribution in [3.8, 4) is 22.4 Å². The number of nitrogens with zero attached hydrogens (tertiary/aromatic N) is 3. The number of H-pyrrole nitrogens is 1. The topological polar surface area (TPSA) is 171 Å². The highest BCUT2D eigenvalue weighted by molar-refractivity contribution is 7.89. The Bertz CT molecular complexity index is 1640. The Morgan fingerprint density at radius 1 is 1.02 bits per heavy atom. The first kappa shape index (κ1) is 27.5. The lowest BCUT2D eigenvalue weighted by Gasteiger charge is -2.26. The second-order valence-corrected chi connectivity index (χ2v) is 11.4. The average Bonchev–Trinajstić information content (AvgIpc) is 3.38. The number of ether oxygens (including phenoxy) is 1. The first-order valence-electron chi connectivity index (χ1n) is 13.0. The highest BCUT2D eigenvalue weighted by Gasteiger charge is 2.26. The second-order valence-electron chi connectivity index (χ2n) is 9.47. The van der Waals surface area contributed by atoms with Gasteiger partial charge in [0.2, 0.25) is 15.8 Å². The summed E-state index contributed by atoms with van der Waals surface area (Å²) in [6.45, 7) is 3.58. The summed E-state index contributed by atoms with van der Waals surface area (Å²) in [6.07, 6.45) is 4.42. The average molecular weight is 565 g/mol. The summed E-state index contributed by atoms with van der Waals surface area (Å²) < 4.78 is 34.3. The monoisotopic (exact) mass is 564 g/mol. The minimum atomic E-state index is -3.58. The van der Waals surface area contributed by atoms with Gasteiger partial charge in [0.25, 0.3) is 5.56 Å². The first-order chi connectivity index (χ1) is 19.3. The Morgan fingerprint density at radius 3 is 2.42 bits per heavy atom. The third-order valence-corrected chi connectivity index (χ3v) is 8.59. The molecule has 1 saturated heterocycles.